The van der Waals surface area contributed by atoms with Crippen molar-refractivity contribution >= 4 is 17.7 Å². The Morgan fingerprint density at radius 3 is 2.39 bits per heavy atom. The Kier molecular flexibility index (Phi) is 9.44. The highest BCUT2D eigenvalue weighted by molar-refractivity contribution is 5.85. The molecular formula is C27H24N2O7. The van der Waals surface area contributed by atoms with Gasteiger partial charge in [0.15, 0.2) is 12.2 Å². The molecule has 36 heavy (non-hydrogen) atoms. The van der Waals surface area contributed by atoms with Gasteiger partial charge in [0, 0.05) is 17.3 Å². The van der Waals surface area contributed by atoms with E-state index in [1.807, 2.05) is 6.07 Å². The molecule has 1 amide bonds. The first-order valence-electron chi connectivity index (χ1n) is 10.9. The number of ether oxygens (including phenoxy) is 3. The van der Waals surface area contributed by atoms with Gasteiger partial charge in [0.25, 0.3) is 0 Å². The molecule has 0 fully saturated rings. The van der Waals surface area contributed by atoms with Crippen molar-refractivity contribution in [2.45, 2.75) is 12.2 Å². The van der Waals surface area contributed by atoms with Crippen LogP contribution in [-0.4, -0.2) is 41.6 Å². The molecule has 9 nitrogen and oxygen atoms in total. The molecule has 184 valence electrons. The number of nitrogens with one attached hydrogen (secondary N) is 1. The smallest absolute Gasteiger partial charge is 0.412 e. The van der Waals surface area contributed by atoms with Gasteiger partial charge in [0.2, 0.25) is 0 Å². The second kappa shape index (κ2) is 13.2. The lowest BCUT2D eigenvalue weighted by molar-refractivity contribution is -0.131. The molecule has 0 bridgehead atoms. The Bertz CT molecular complexity index is 1220. The minimum Gasteiger partial charge on any atom is -0.491 e. The van der Waals surface area contributed by atoms with Gasteiger partial charge >= 0.3 is 12.1 Å². The minimum atomic E-state index is -1.20. The number of carbonyl (C=O) groups excluding carboxylic acids is 1. The number of hydrogen-bond acceptors (Lipinski definition) is 7. The van der Waals surface area contributed by atoms with Crippen LogP contribution in [-0.2, 0) is 9.53 Å². The third-order valence-corrected chi connectivity index (χ3v) is 4.78. The van der Waals surface area contributed by atoms with Crippen LogP contribution in [0.1, 0.15) is 17.2 Å². The van der Waals surface area contributed by atoms with Gasteiger partial charge in [0.1, 0.15) is 18.1 Å². The average molecular weight is 488 g/mol. The number of benzene rings is 3. The first-order chi connectivity index (χ1) is 17.5. The lowest BCUT2D eigenvalue weighted by Gasteiger charge is -2.26. The molecule has 0 heterocycles. The zero-order chi connectivity index (χ0) is 25.8. The molecule has 0 spiro atoms. The Hall–Kier alpha value is -4.81. The van der Waals surface area contributed by atoms with Crippen molar-refractivity contribution in [2.24, 2.45) is 0 Å². The summed E-state index contributed by atoms with van der Waals surface area (Å²) in [4.78, 5) is 24.1. The van der Waals surface area contributed by atoms with Crippen molar-refractivity contribution in [3.8, 4) is 17.6 Å². The van der Waals surface area contributed by atoms with Crippen molar-refractivity contribution in [1.82, 2.24) is 0 Å². The summed E-state index contributed by atoms with van der Waals surface area (Å²) in [6.45, 7) is -0.116. The van der Waals surface area contributed by atoms with E-state index in [0.717, 1.165) is 6.08 Å². The second-order valence-corrected chi connectivity index (χ2v) is 7.38. The monoisotopic (exact) mass is 488 g/mol. The molecule has 3 aromatic rings. The maximum absolute atomic E-state index is 12.8. The van der Waals surface area contributed by atoms with Crippen LogP contribution < -0.4 is 14.8 Å². The Morgan fingerprint density at radius 1 is 1.00 bits per heavy atom. The third kappa shape index (κ3) is 7.90. The largest absolute Gasteiger partial charge is 0.491 e. The Labute approximate surface area is 207 Å². The molecule has 0 aliphatic carbocycles. The third-order valence-electron chi connectivity index (χ3n) is 4.78. The van der Waals surface area contributed by atoms with E-state index >= 15 is 0 Å². The van der Waals surface area contributed by atoms with Gasteiger partial charge in [-0.3, -0.25) is 5.32 Å². The zero-order valence-electron chi connectivity index (χ0n) is 19.1. The number of carboxylic acid groups (broad SMARTS) is 1. The summed E-state index contributed by atoms with van der Waals surface area (Å²) >= 11 is 0. The highest BCUT2D eigenvalue weighted by atomic mass is 16.6. The summed E-state index contributed by atoms with van der Waals surface area (Å²) in [6, 6.07) is 23.5. The predicted octanol–water partition coefficient (Wildman–Crippen LogP) is 4.31. The van der Waals surface area contributed by atoms with Crippen LogP contribution in [0.25, 0.3) is 0 Å². The molecule has 3 N–H and O–H groups in total. The fourth-order valence-corrected chi connectivity index (χ4v) is 3.20. The first kappa shape index (κ1) is 25.8. The van der Waals surface area contributed by atoms with E-state index in [1.54, 1.807) is 78.9 Å². The fourth-order valence-electron chi connectivity index (χ4n) is 3.20. The molecule has 3 rings (SSSR count). The molecule has 0 aliphatic rings. The molecule has 0 unspecified atom stereocenters. The number of carboxylic acids is 1. The minimum absolute atomic E-state index is 0.0665. The van der Waals surface area contributed by atoms with Gasteiger partial charge < -0.3 is 24.4 Å². The Morgan fingerprint density at radius 2 is 1.72 bits per heavy atom. The van der Waals surface area contributed by atoms with Crippen LogP contribution in [0, 0.1) is 11.3 Å². The molecule has 0 aromatic heterocycles. The molecule has 2 atom stereocenters. The van der Waals surface area contributed by atoms with Gasteiger partial charge in [-0.25, -0.2) is 9.59 Å². The van der Waals surface area contributed by atoms with Crippen molar-refractivity contribution in [1.29, 1.82) is 5.26 Å². The number of nitrogens with zero attached hydrogens (tertiary/aromatic N) is 1. The van der Waals surface area contributed by atoms with E-state index in [2.05, 4.69) is 5.32 Å². The number of rotatable bonds is 11. The van der Waals surface area contributed by atoms with Crippen LogP contribution in [0.5, 0.6) is 11.5 Å². The number of aliphatic hydroxyl groups is 1. The van der Waals surface area contributed by atoms with E-state index in [1.165, 1.54) is 6.08 Å². The van der Waals surface area contributed by atoms with Gasteiger partial charge in [-0.15, -0.1) is 0 Å². The van der Waals surface area contributed by atoms with Crippen LogP contribution >= 0.6 is 0 Å². The van der Waals surface area contributed by atoms with E-state index in [-0.39, 0.29) is 13.2 Å². The maximum atomic E-state index is 12.8. The van der Waals surface area contributed by atoms with Crippen molar-refractivity contribution in [3.05, 3.63) is 102 Å². The van der Waals surface area contributed by atoms with Gasteiger partial charge in [-0.2, -0.15) is 5.26 Å². The molecule has 0 saturated heterocycles. The molecule has 0 saturated carbocycles. The normalized spacial score (nSPS) is 12.2. The summed E-state index contributed by atoms with van der Waals surface area (Å²) < 4.78 is 17.2. The van der Waals surface area contributed by atoms with E-state index in [4.69, 9.17) is 24.6 Å². The van der Waals surface area contributed by atoms with E-state index in [0.29, 0.717) is 28.3 Å². The van der Waals surface area contributed by atoms with Crippen LogP contribution in [0.2, 0.25) is 0 Å². The summed E-state index contributed by atoms with van der Waals surface area (Å²) in [5, 5.41) is 29.8. The predicted molar refractivity (Wildman–Crippen MR) is 131 cm³/mol. The molecule has 9 heteroatoms. The van der Waals surface area contributed by atoms with Gasteiger partial charge in [-0.05, 0) is 54.6 Å². The highest BCUT2D eigenvalue weighted by Gasteiger charge is 2.28. The number of para-hydroxylation sites is 1. The highest BCUT2D eigenvalue weighted by Crippen LogP contribution is 2.29. The summed E-state index contributed by atoms with van der Waals surface area (Å²) in [7, 11) is 0. The average Bonchev–Trinajstić information content (AvgIpc) is 2.89. The number of carbonyl (C=O) groups is 2. The van der Waals surface area contributed by atoms with Crippen molar-refractivity contribution in [3.63, 3.8) is 0 Å². The lowest BCUT2D eigenvalue weighted by atomic mass is 10.0. The topological polar surface area (TPSA) is 138 Å². The summed E-state index contributed by atoms with van der Waals surface area (Å²) in [6.07, 6.45) is -0.734. The number of aliphatic hydroxyl groups excluding tert-OH is 1. The molecular weight excluding hydrogens is 464 g/mol. The summed E-state index contributed by atoms with van der Waals surface area (Å²) in [5.74, 6) is -0.341. The van der Waals surface area contributed by atoms with Crippen LogP contribution in [0.15, 0.2) is 91.0 Å². The Balaban J connectivity index is 1.93. The van der Waals surface area contributed by atoms with Gasteiger partial charge in [-0.1, -0.05) is 30.3 Å². The number of amides is 1. The van der Waals surface area contributed by atoms with E-state index in [9.17, 15) is 14.7 Å². The SMILES string of the molecule is N#Cc1ccc(NC(=O)O[C@H](c2cccc(OCCO)c2)[C@@H](/C=C/C(=O)O)Oc2ccccc2)cc1. The van der Waals surface area contributed by atoms with Crippen molar-refractivity contribution < 1.29 is 34.0 Å². The number of aliphatic carboxylic acids is 1. The number of anilines is 1. The lowest BCUT2D eigenvalue weighted by Crippen LogP contribution is -2.29. The molecule has 0 aliphatic heterocycles. The van der Waals surface area contributed by atoms with Crippen molar-refractivity contribution in [2.75, 3.05) is 18.5 Å². The second-order valence-electron chi connectivity index (χ2n) is 7.38. The van der Waals surface area contributed by atoms with Gasteiger partial charge in [0.05, 0.1) is 18.2 Å². The first-order valence-corrected chi connectivity index (χ1v) is 10.9. The standard InChI is InChI=1S/C27H24N2O7/c28-18-19-9-11-21(12-10-19)29-27(33)36-26(20-5-4-8-23(17-20)34-16-15-30)24(13-14-25(31)32)35-22-6-2-1-3-7-22/h1-14,17,24,26,30H,15-16H2,(H,29,33)(H,31,32)/b14-13+/t24-,26-/m1/s1. The number of hydrogen-bond donors (Lipinski definition) is 3. The van der Waals surface area contributed by atoms with Crippen LogP contribution in [0.4, 0.5) is 10.5 Å². The fraction of sp³-hybridized carbons (Fsp3) is 0.148. The quantitative estimate of drug-likeness (QED) is 0.340. The maximum Gasteiger partial charge on any atom is 0.412 e. The molecule has 3 aromatic carbocycles. The number of nitriles is 1. The van der Waals surface area contributed by atoms with Crippen LogP contribution in [0.3, 0.4) is 0 Å². The summed E-state index contributed by atoms with van der Waals surface area (Å²) in [5.41, 5.74) is 1.30. The zero-order valence-corrected chi connectivity index (χ0v) is 19.1. The molecule has 0 radical (unpaired) electrons. The van der Waals surface area contributed by atoms with E-state index < -0.39 is 24.3 Å².